The van der Waals surface area contributed by atoms with Crippen molar-refractivity contribution in [2.75, 3.05) is 9.80 Å². The van der Waals surface area contributed by atoms with Crippen LogP contribution in [0, 0.1) is 34.6 Å². The summed E-state index contributed by atoms with van der Waals surface area (Å²) in [7, 11) is 0. The zero-order valence-electron chi connectivity index (χ0n) is 38.9. The molecular weight excluding hydrogens is 793 g/mol. The van der Waals surface area contributed by atoms with Gasteiger partial charge in [0, 0.05) is 39.5 Å². The van der Waals surface area contributed by atoms with Crippen LogP contribution in [0.3, 0.4) is 0 Å². The molecule has 7 aromatic carbocycles. The predicted molar refractivity (Wildman–Crippen MR) is 277 cm³/mol. The fourth-order valence-electron chi connectivity index (χ4n) is 10.4. The third-order valence-electron chi connectivity index (χ3n) is 13.5. The molecule has 0 atom stereocenters. The van der Waals surface area contributed by atoms with Crippen molar-refractivity contribution >= 4 is 78.0 Å². The molecule has 0 unspecified atom stereocenters. The van der Waals surface area contributed by atoms with Crippen LogP contribution < -0.4 is 15.0 Å². The van der Waals surface area contributed by atoms with Crippen molar-refractivity contribution < 1.29 is 9.15 Å². The Labute approximate surface area is 383 Å². The second-order valence-corrected chi connectivity index (χ2v) is 17.9. The van der Waals surface area contributed by atoms with Crippen molar-refractivity contribution in [1.29, 1.82) is 0 Å². The first kappa shape index (κ1) is 41.7. The monoisotopic (exact) mass is 848 g/mol. The maximum atomic E-state index is 7.02. The summed E-state index contributed by atoms with van der Waals surface area (Å²) in [4.78, 5) is 4.88. The molecule has 0 saturated heterocycles. The molecule has 0 radical (unpaired) electrons. The average molecular weight is 849 g/mol. The van der Waals surface area contributed by atoms with E-state index in [1.165, 1.54) is 60.2 Å². The number of para-hydroxylation sites is 2. The number of nitrogens with zero attached hydrogens (tertiary/aromatic N) is 2. The normalized spacial score (nSPS) is 14.2. The Balaban J connectivity index is 1.23. The highest BCUT2D eigenvalue weighted by molar-refractivity contribution is 6.20. The summed E-state index contributed by atoms with van der Waals surface area (Å²) in [5.74, 6) is 1.68. The van der Waals surface area contributed by atoms with E-state index in [0.29, 0.717) is 0 Å². The lowest BCUT2D eigenvalue weighted by atomic mass is 9.91. The Kier molecular flexibility index (Phi) is 10.5. The summed E-state index contributed by atoms with van der Waals surface area (Å²) in [5, 5.41) is 8.30. The number of hydrogen-bond acceptors (Lipinski definition) is 4. The molecule has 2 heterocycles. The molecule has 10 rings (SSSR count). The number of fused-ring (bicyclic) bond motifs is 3. The van der Waals surface area contributed by atoms with E-state index >= 15 is 0 Å². The van der Waals surface area contributed by atoms with Crippen molar-refractivity contribution in [3.8, 4) is 0 Å². The minimum Gasteiger partial charge on any atom is -0.455 e. The zero-order chi connectivity index (χ0) is 45.3. The Hall–Kier alpha value is -7.30. The predicted octanol–water partition coefficient (Wildman–Crippen LogP) is 16.7. The van der Waals surface area contributed by atoms with Gasteiger partial charge in [-0.3, -0.25) is 0 Å². The minimum atomic E-state index is 0.761. The number of aryl methyl sites for hydroxylation is 5. The van der Waals surface area contributed by atoms with Gasteiger partial charge in [0.2, 0.25) is 0 Å². The SMILES string of the molecule is C=CC1=C(C(=C)C)OC(/C(=C\C)N(C2=CCC=c3ccc4c(N(c5ccc(C)cc5C)c5cccc6c5oc5c(C)cccc56)ccc5ccc2c3c54)c2ccc(C)cc2C)=C(CC)C1. The van der Waals surface area contributed by atoms with Crippen LogP contribution in [0.15, 0.2) is 179 Å². The molecule has 1 aliphatic heterocycles. The summed E-state index contributed by atoms with van der Waals surface area (Å²) in [6.45, 7) is 25.8. The van der Waals surface area contributed by atoms with Crippen LogP contribution in [0.5, 0.6) is 0 Å². The maximum Gasteiger partial charge on any atom is 0.159 e. The van der Waals surface area contributed by atoms with Crippen molar-refractivity contribution in [3.63, 3.8) is 0 Å². The van der Waals surface area contributed by atoms with Crippen molar-refractivity contribution in [3.05, 3.63) is 213 Å². The number of allylic oxidation sites excluding steroid dienone is 6. The topological polar surface area (TPSA) is 28.9 Å². The lowest BCUT2D eigenvalue weighted by Gasteiger charge is -2.36. The van der Waals surface area contributed by atoms with Crippen LogP contribution in [0.25, 0.3) is 55.3 Å². The summed E-state index contributed by atoms with van der Waals surface area (Å²) in [6, 6.07) is 40.4. The Morgan fingerprint density at radius 1 is 0.677 bits per heavy atom. The van der Waals surface area contributed by atoms with Crippen LogP contribution in [-0.4, -0.2) is 0 Å². The number of hydrogen-bond donors (Lipinski definition) is 0. The molecule has 0 amide bonds. The van der Waals surface area contributed by atoms with Crippen molar-refractivity contribution in [1.82, 2.24) is 0 Å². The largest absolute Gasteiger partial charge is 0.455 e. The second kappa shape index (κ2) is 16.4. The van der Waals surface area contributed by atoms with Gasteiger partial charge in [-0.2, -0.15) is 0 Å². The molecule has 65 heavy (non-hydrogen) atoms. The van der Waals surface area contributed by atoms with Gasteiger partial charge in [0.25, 0.3) is 0 Å². The number of rotatable bonds is 10. The van der Waals surface area contributed by atoms with Gasteiger partial charge in [0.05, 0.1) is 22.8 Å². The second-order valence-electron chi connectivity index (χ2n) is 17.9. The first-order valence-corrected chi connectivity index (χ1v) is 22.9. The summed E-state index contributed by atoms with van der Waals surface area (Å²) < 4.78 is 13.9. The smallest absolute Gasteiger partial charge is 0.159 e. The van der Waals surface area contributed by atoms with Gasteiger partial charge in [-0.25, -0.2) is 0 Å². The quantitative estimate of drug-likeness (QED) is 0.137. The molecular formula is C61H56N2O2. The van der Waals surface area contributed by atoms with Gasteiger partial charge in [-0.05, 0) is 140 Å². The molecule has 1 aromatic heterocycles. The van der Waals surface area contributed by atoms with E-state index in [9.17, 15) is 0 Å². The van der Waals surface area contributed by atoms with Gasteiger partial charge in [-0.15, -0.1) is 0 Å². The van der Waals surface area contributed by atoms with E-state index in [2.05, 4.69) is 199 Å². The molecule has 2 aliphatic rings. The fraction of sp³-hybridized carbons (Fsp3) is 0.180. The van der Waals surface area contributed by atoms with Crippen LogP contribution >= 0.6 is 0 Å². The van der Waals surface area contributed by atoms with E-state index in [1.54, 1.807) is 0 Å². The molecule has 0 N–H and O–H groups in total. The number of ether oxygens (including phenoxy) is 1. The lowest BCUT2D eigenvalue weighted by molar-refractivity contribution is 0.301. The molecule has 4 nitrogen and oxygen atoms in total. The molecule has 8 aromatic rings. The van der Waals surface area contributed by atoms with Gasteiger partial charge in [0.1, 0.15) is 11.3 Å². The Morgan fingerprint density at radius 2 is 1.37 bits per heavy atom. The van der Waals surface area contributed by atoms with E-state index in [1.807, 2.05) is 13.0 Å². The first-order valence-electron chi connectivity index (χ1n) is 22.9. The fourth-order valence-corrected chi connectivity index (χ4v) is 10.4. The molecule has 0 bridgehead atoms. The third kappa shape index (κ3) is 6.82. The highest BCUT2D eigenvalue weighted by Crippen LogP contribution is 2.49. The van der Waals surface area contributed by atoms with Crippen LogP contribution in [0.1, 0.15) is 73.4 Å². The molecule has 1 aliphatic carbocycles. The van der Waals surface area contributed by atoms with Gasteiger partial charge in [-0.1, -0.05) is 140 Å². The highest BCUT2D eigenvalue weighted by atomic mass is 16.5. The van der Waals surface area contributed by atoms with E-state index in [0.717, 1.165) is 104 Å². The van der Waals surface area contributed by atoms with Gasteiger partial charge >= 0.3 is 0 Å². The van der Waals surface area contributed by atoms with E-state index in [4.69, 9.17) is 9.15 Å². The maximum absolute atomic E-state index is 7.02. The average Bonchev–Trinajstić information content (AvgIpc) is 3.59. The van der Waals surface area contributed by atoms with Crippen LogP contribution in [-0.2, 0) is 4.74 Å². The van der Waals surface area contributed by atoms with Gasteiger partial charge in [0.15, 0.2) is 11.3 Å². The first-order chi connectivity index (χ1) is 31.5. The van der Waals surface area contributed by atoms with Crippen LogP contribution in [0.4, 0.5) is 22.7 Å². The van der Waals surface area contributed by atoms with Crippen molar-refractivity contribution in [2.45, 2.75) is 74.7 Å². The number of furan rings is 1. The Bertz CT molecular complexity index is 3510. The number of benzene rings is 7. The number of anilines is 4. The van der Waals surface area contributed by atoms with E-state index < -0.39 is 0 Å². The van der Waals surface area contributed by atoms with Crippen LogP contribution in [0.2, 0.25) is 0 Å². The summed E-state index contributed by atoms with van der Waals surface area (Å²) >= 11 is 0. The Morgan fingerprint density at radius 3 is 2.06 bits per heavy atom. The lowest BCUT2D eigenvalue weighted by Crippen LogP contribution is -2.26. The standard InChI is InChI=1S/C61H56N2O2/c1-11-42-35-43(12-2)60(64-58(42)36(4)5)50(13-3)62(51-30-23-37(6)33-40(51)9)53-21-15-18-44-25-28-49-54(32-27-45-26-29-48(53)56(44)57(45)49)63(52-31-24-38(7)34-41(52)10)55-22-16-20-47-46-19-14-17-39(8)59(46)65-61(47)55/h11,13-14,16-34H,1,4,12,15,35H2,2-3,5-10H3/b50-13+. The molecule has 322 valence electrons. The zero-order valence-corrected chi connectivity index (χ0v) is 38.9. The summed E-state index contributed by atoms with van der Waals surface area (Å²) in [6.07, 6.45) is 11.3. The summed E-state index contributed by atoms with van der Waals surface area (Å²) in [5.41, 5.74) is 18.6. The molecule has 0 spiro atoms. The highest BCUT2D eigenvalue weighted by Gasteiger charge is 2.31. The molecule has 4 heteroatoms. The third-order valence-corrected chi connectivity index (χ3v) is 13.5. The van der Waals surface area contributed by atoms with E-state index in [-0.39, 0.29) is 0 Å². The molecule has 0 saturated carbocycles. The minimum absolute atomic E-state index is 0.761. The molecule has 0 fully saturated rings. The van der Waals surface area contributed by atoms with Gasteiger partial charge < -0.3 is 19.0 Å². The van der Waals surface area contributed by atoms with Crippen molar-refractivity contribution in [2.24, 2.45) is 0 Å².